The summed E-state index contributed by atoms with van der Waals surface area (Å²) in [5.41, 5.74) is 1.32. The number of methoxy groups -OCH3 is 1. The molecule has 0 aliphatic carbocycles. The lowest BCUT2D eigenvalue weighted by Crippen LogP contribution is -2.51. The van der Waals surface area contributed by atoms with Gasteiger partial charge in [0.2, 0.25) is 11.7 Å². The van der Waals surface area contributed by atoms with Gasteiger partial charge in [0.15, 0.2) is 0 Å². The lowest BCUT2D eigenvalue weighted by molar-refractivity contribution is -0.135. The first-order valence-corrected chi connectivity index (χ1v) is 8.64. The van der Waals surface area contributed by atoms with Crippen molar-refractivity contribution in [2.75, 3.05) is 26.7 Å². The largest absolute Gasteiger partial charge is 0.497 e. The predicted octanol–water partition coefficient (Wildman–Crippen LogP) is 1.22. The van der Waals surface area contributed by atoms with Crippen molar-refractivity contribution in [1.82, 2.24) is 24.2 Å². The molecule has 1 aliphatic rings. The molecule has 0 bridgehead atoms. The van der Waals surface area contributed by atoms with Crippen LogP contribution in [0.2, 0.25) is 0 Å². The summed E-state index contributed by atoms with van der Waals surface area (Å²) in [7, 11) is 1.62. The van der Waals surface area contributed by atoms with Crippen LogP contribution in [0.1, 0.15) is 16.1 Å². The second-order valence-electron chi connectivity index (χ2n) is 6.34. The SMILES string of the molecule is COc1ccc(CN2CCN(C(=O)c3cn4cccnc4n3)CC2=O)cc1. The van der Waals surface area contributed by atoms with Gasteiger partial charge in [0.05, 0.1) is 7.11 Å². The summed E-state index contributed by atoms with van der Waals surface area (Å²) >= 11 is 0. The normalized spacial score (nSPS) is 14.6. The van der Waals surface area contributed by atoms with Gasteiger partial charge in [-0.15, -0.1) is 0 Å². The predicted molar refractivity (Wildman–Crippen MR) is 97.3 cm³/mol. The molecule has 1 saturated heterocycles. The number of ether oxygens (including phenoxy) is 1. The van der Waals surface area contributed by atoms with Gasteiger partial charge in [-0.2, -0.15) is 0 Å². The number of carbonyl (C=O) groups is 2. The second kappa shape index (κ2) is 7.06. The third-order valence-electron chi connectivity index (χ3n) is 4.59. The zero-order chi connectivity index (χ0) is 18.8. The number of carbonyl (C=O) groups excluding carboxylic acids is 2. The molecule has 2 aromatic heterocycles. The molecule has 1 fully saturated rings. The lowest BCUT2D eigenvalue weighted by atomic mass is 10.2. The second-order valence-corrected chi connectivity index (χ2v) is 6.34. The molecule has 0 atom stereocenters. The summed E-state index contributed by atoms with van der Waals surface area (Å²) in [6.07, 6.45) is 5.04. The first kappa shape index (κ1) is 17.0. The molecule has 1 aliphatic heterocycles. The highest BCUT2D eigenvalue weighted by Gasteiger charge is 2.29. The monoisotopic (exact) mass is 365 g/mol. The summed E-state index contributed by atoms with van der Waals surface area (Å²) in [6, 6.07) is 9.39. The summed E-state index contributed by atoms with van der Waals surface area (Å²) in [5.74, 6) is 0.915. The molecule has 8 nitrogen and oxygen atoms in total. The van der Waals surface area contributed by atoms with Crippen molar-refractivity contribution >= 4 is 17.6 Å². The Morgan fingerprint density at radius 1 is 1.22 bits per heavy atom. The summed E-state index contributed by atoms with van der Waals surface area (Å²) < 4.78 is 6.84. The molecule has 0 N–H and O–H groups in total. The molecule has 0 spiro atoms. The maximum atomic E-state index is 12.7. The molecule has 0 saturated carbocycles. The summed E-state index contributed by atoms with van der Waals surface area (Å²) in [5, 5.41) is 0. The average molecular weight is 365 g/mol. The van der Waals surface area contributed by atoms with E-state index in [2.05, 4.69) is 9.97 Å². The Kier molecular flexibility index (Phi) is 4.45. The molecule has 2 amide bonds. The fraction of sp³-hybridized carbons (Fsp3) is 0.263. The standard InChI is InChI=1S/C19H19N5O3/c1-27-15-5-3-14(4-6-15)11-22-9-10-23(13-17(22)25)18(26)16-12-24-8-2-7-20-19(24)21-16/h2-8,12H,9-11,13H2,1H3. The first-order valence-electron chi connectivity index (χ1n) is 8.64. The van der Waals surface area contributed by atoms with Crippen LogP contribution in [0.5, 0.6) is 5.75 Å². The van der Waals surface area contributed by atoms with Crippen molar-refractivity contribution in [3.05, 3.63) is 60.2 Å². The minimum atomic E-state index is -0.252. The number of hydrogen-bond acceptors (Lipinski definition) is 5. The van der Waals surface area contributed by atoms with E-state index in [0.717, 1.165) is 11.3 Å². The van der Waals surface area contributed by atoms with E-state index < -0.39 is 0 Å². The van der Waals surface area contributed by atoms with E-state index in [-0.39, 0.29) is 18.4 Å². The van der Waals surface area contributed by atoms with Crippen molar-refractivity contribution < 1.29 is 14.3 Å². The number of rotatable bonds is 4. The highest BCUT2D eigenvalue weighted by atomic mass is 16.5. The highest BCUT2D eigenvalue weighted by molar-refractivity contribution is 5.95. The minimum absolute atomic E-state index is 0.0519. The quantitative estimate of drug-likeness (QED) is 0.695. The van der Waals surface area contributed by atoms with E-state index in [9.17, 15) is 9.59 Å². The van der Waals surface area contributed by atoms with Crippen LogP contribution in [0, 0.1) is 0 Å². The Labute approximate surface area is 156 Å². The highest BCUT2D eigenvalue weighted by Crippen LogP contribution is 2.15. The van der Waals surface area contributed by atoms with Crippen LogP contribution in [-0.2, 0) is 11.3 Å². The third-order valence-corrected chi connectivity index (χ3v) is 4.59. The van der Waals surface area contributed by atoms with Gasteiger partial charge in [0.25, 0.3) is 5.91 Å². The number of fused-ring (bicyclic) bond motifs is 1. The van der Waals surface area contributed by atoms with Crippen LogP contribution in [0.15, 0.2) is 48.9 Å². The number of nitrogens with zero attached hydrogens (tertiary/aromatic N) is 5. The third kappa shape index (κ3) is 3.46. The van der Waals surface area contributed by atoms with Gasteiger partial charge >= 0.3 is 0 Å². The van der Waals surface area contributed by atoms with Crippen molar-refractivity contribution in [3.63, 3.8) is 0 Å². The number of amides is 2. The van der Waals surface area contributed by atoms with Crippen molar-refractivity contribution in [1.29, 1.82) is 0 Å². The van der Waals surface area contributed by atoms with Gasteiger partial charge in [-0.25, -0.2) is 9.97 Å². The number of benzene rings is 1. The van der Waals surface area contributed by atoms with Crippen LogP contribution < -0.4 is 4.74 Å². The van der Waals surface area contributed by atoms with Crippen LogP contribution in [0.25, 0.3) is 5.78 Å². The van der Waals surface area contributed by atoms with Gasteiger partial charge < -0.3 is 14.5 Å². The van der Waals surface area contributed by atoms with Crippen LogP contribution in [0.4, 0.5) is 0 Å². The molecule has 0 unspecified atom stereocenters. The molecular weight excluding hydrogens is 346 g/mol. The average Bonchev–Trinajstić information content (AvgIpc) is 3.14. The van der Waals surface area contributed by atoms with E-state index >= 15 is 0 Å². The molecule has 3 aromatic rings. The number of imidazole rings is 1. The number of hydrogen-bond donors (Lipinski definition) is 0. The van der Waals surface area contributed by atoms with E-state index in [0.29, 0.717) is 31.1 Å². The van der Waals surface area contributed by atoms with Crippen LogP contribution in [-0.4, -0.2) is 62.7 Å². The minimum Gasteiger partial charge on any atom is -0.497 e. The molecule has 0 radical (unpaired) electrons. The van der Waals surface area contributed by atoms with E-state index in [1.54, 1.807) is 41.1 Å². The van der Waals surface area contributed by atoms with Gasteiger partial charge in [-0.1, -0.05) is 12.1 Å². The van der Waals surface area contributed by atoms with Crippen LogP contribution >= 0.6 is 0 Å². The molecule has 27 heavy (non-hydrogen) atoms. The van der Waals surface area contributed by atoms with E-state index in [1.807, 2.05) is 24.3 Å². The fourth-order valence-corrected chi connectivity index (χ4v) is 3.10. The topological polar surface area (TPSA) is 80.0 Å². The van der Waals surface area contributed by atoms with Gasteiger partial charge in [0.1, 0.15) is 18.0 Å². The van der Waals surface area contributed by atoms with Gasteiger partial charge in [-0.3, -0.25) is 14.0 Å². The van der Waals surface area contributed by atoms with E-state index in [1.165, 1.54) is 4.90 Å². The molecule has 8 heteroatoms. The molecular formula is C19H19N5O3. The first-order chi connectivity index (χ1) is 13.1. The maximum Gasteiger partial charge on any atom is 0.274 e. The van der Waals surface area contributed by atoms with Crippen molar-refractivity contribution in [2.45, 2.75) is 6.54 Å². The maximum absolute atomic E-state index is 12.7. The Hall–Kier alpha value is -3.42. The smallest absolute Gasteiger partial charge is 0.274 e. The number of piperazine rings is 1. The number of aromatic nitrogens is 3. The zero-order valence-corrected chi connectivity index (χ0v) is 14.9. The Balaban J connectivity index is 1.41. The van der Waals surface area contributed by atoms with Crippen LogP contribution in [0.3, 0.4) is 0 Å². The Morgan fingerprint density at radius 3 is 2.74 bits per heavy atom. The molecule has 1 aromatic carbocycles. The summed E-state index contributed by atoms with van der Waals surface area (Å²) in [4.78, 5) is 36.8. The molecule has 4 rings (SSSR count). The van der Waals surface area contributed by atoms with E-state index in [4.69, 9.17) is 4.74 Å². The van der Waals surface area contributed by atoms with Gasteiger partial charge in [0, 0.05) is 38.2 Å². The van der Waals surface area contributed by atoms with Crippen molar-refractivity contribution in [2.24, 2.45) is 0 Å². The Bertz CT molecular complexity index is 949. The fourth-order valence-electron chi connectivity index (χ4n) is 3.10. The lowest BCUT2D eigenvalue weighted by Gasteiger charge is -2.34. The van der Waals surface area contributed by atoms with Crippen molar-refractivity contribution in [3.8, 4) is 5.75 Å². The molecule has 138 valence electrons. The zero-order valence-electron chi connectivity index (χ0n) is 14.9. The Morgan fingerprint density at radius 2 is 2.04 bits per heavy atom. The molecule has 3 heterocycles. The van der Waals surface area contributed by atoms with Gasteiger partial charge in [-0.05, 0) is 23.8 Å². The summed E-state index contributed by atoms with van der Waals surface area (Å²) in [6.45, 7) is 1.53.